The third-order valence-electron chi connectivity index (χ3n) is 4.72. The van der Waals surface area contributed by atoms with Gasteiger partial charge in [0.2, 0.25) is 5.78 Å². The molecule has 0 saturated heterocycles. The zero-order valence-electron chi connectivity index (χ0n) is 13.4. The van der Waals surface area contributed by atoms with E-state index >= 15 is 0 Å². The molecule has 0 amide bonds. The van der Waals surface area contributed by atoms with Gasteiger partial charge in [-0.05, 0) is 18.2 Å². The number of hydrogen-bond donors (Lipinski definition) is 0. The van der Waals surface area contributed by atoms with E-state index in [-0.39, 0.29) is 11.1 Å². The fourth-order valence-electron chi connectivity index (χ4n) is 3.59. The van der Waals surface area contributed by atoms with E-state index in [9.17, 15) is 22.8 Å². The van der Waals surface area contributed by atoms with Crippen molar-refractivity contribution in [3.05, 3.63) is 88.0 Å². The molecule has 4 nitrogen and oxygen atoms in total. The molecule has 0 radical (unpaired) electrons. The second-order valence-electron chi connectivity index (χ2n) is 6.12. The van der Waals surface area contributed by atoms with Crippen LogP contribution in [-0.4, -0.2) is 21.5 Å². The third-order valence-corrected chi connectivity index (χ3v) is 4.72. The molecule has 2 heterocycles. The Hall–Kier alpha value is -3.61. The minimum atomic E-state index is -1.78. The molecular weight excluding hydrogens is 357 g/mol. The molecule has 1 aromatic carbocycles. The van der Waals surface area contributed by atoms with Gasteiger partial charge in [-0.25, -0.2) is 13.2 Å². The van der Waals surface area contributed by atoms with Crippen LogP contribution in [0.15, 0.2) is 48.3 Å². The molecule has 0 spiro atoms. The van der Waals surface area contributed by atoms with Crippen LogP contribution in [0.5, 0.6) is 0 Å². The zero-order chi connectivity index (χ0) is 18.9. The molecule has 130 valence electrons. The van der Waals surface area contributed by atoms with Crippen LogP contribution in [0.1, 0.15) is 31.8 Å². The molecule has 0 bridgehead atoms. The van der Waals surface area contributed by atoms with Crippen molar-refractivity contribution in [2.45, 2.75) is 0 Å². The first-order valence-corrected chi connectivity index (χ1v) is 7.93. The van der Waals surface area contributed by atoms with Crippen LogP contribution in [0.2, 0.25) is 0 Å². The average Bonchev–Trinajstić information content (AvgIpc) is 3.12. The van der Waals surface area contributed by atoms with E-state index in [0.29, 0.717) is 28.6 Å². The highest BCUT2D eigenvalue weighted by molar-refractivity contribution is 6.43. The maximum Gasteiger partial charge on any atom is 0.201 e. The van der Waals surface area contributed by atoms with Crippen molar-refractivity contribution in [2.24, 2.45) is 0 Å². The number of carbonyl (C=O) groups excluding carboxylic acids is 2. The fraction of sp³-hybridized carbons (Fsp3) is 0. The van der Waals surface area contributed by atoms with E-state index in [1.807, 2.05) is 0 Å². The summed E-state index contributed by atoms with van der Waals surface area (Å²) in [5.41, 5.74) is 0.595. The first-order valence-electron chi connectivity index (χ1n) is 7.93. The summed E-state index contributed by atoms with van der Waals surface area (Å²) in [7, 11) is 0. The molecule has 0 unspecified atom stereocenters. The van der Waals surface area contributed by atoms with E-state index in [1.165, 1.54) is 0 Å². The minimum Gasteiger partial charge on any atom is -0.288 e. The molecule has 0 aliphatic heterocycles. The average molecular weight is 364 g/mol. The lowest BCUT2D eigenvalue weighted by atomic mass is 9.96. The zero-order valence-corrected chi connectivity index (χ0v) is 13.4. The Morgan fingerprint density at radius 3 is 1.89 bits per heavy atom. The number of pyridine rings is 2. The van der Waals surface area contributed by atoms with Gasteiger partial charge in [-0.3, -0.25) is 19.6 Å². The Kier molecular flexibility index (Phi) is 3.01. The molecule has 0 N–H and O–H groups in total. The predicted octanol–water partition coefficient (Wildman–Crippen LogP) is 3.76. The van der Waals surface area contributed by atoms with Crippen LogP contribution < -0.4 is 0 Å². The second-order valence-corrected chi connectivity index (χ2v) is 6.12. The summed E-state index contributed by atoms with van der Waals surface area (Å²) in [5, 5.41) is 0. The van der Waals surface area contributed by atoms with E-state index in [1.54, 1.807) is 36.7 Å². The summed E-state index contributed by atoms with van der Waals surface area (Å²) in [6, 6.07) is 7.14. The fourth-order valence-corrected chi connectivity index (χ4v) is 3.59. The molecular formula is C20H7F3N2O2. The number of ketones is 2. The number of aromatic nitrogens is 2. The van der Waals surface area contributed by atoms with Gasteiger partial charge >= 0.3 is 0 Å². The van der Waals surface area contributed by atoms with Crippen LogP contribution in [0.25, 0.3) is 17.0 Å². The second kappa shape index (κ2) is 5.20. The summed E-state index contributed by atoms with van der Waals surface area (Å²) in [4.78, 5) is 34.2. The lowest BCUT2D eigenvalue weighted by Crippen LogP contribution is -2.06. The Labute approximate surface area is 150 Å². The summed E-state index contributed by atoms with van der Waals surface area (Å²) in [5.74, 6) is -6.79. The van der Waals surface area contributed by atoms with Crippen LogP contribution in [-0.2, 0) is 0 Å². The van der Waals surface area contributed by atoms with E-state index in [0.717, 1.165) is 0 Å². The maximum atomic E-state index is 14.2. The van der Waals surface area contributed by atoms with Crippen molar-refractivity contribution < 1.29 is 22.8 Å². The standard InChI is InChI=1S/C20H7F3N2O2/c21-11-7-10-13(16(23)15(11)22)20(27)14(19(10)26)12-8-3-1-5-24-17(8)18-9(12)4-2-6-25-18/h1-7H. The molecule has 27 heavy (non-hydrogen) atoms. The van der Waals surface area contributed by atoms with Gasteiger partial charge < -0.3 is 0 Å². The van der Waals surface area contributed by atoms with Gasteiger partial charge in [0.15, 0.2) is 23.2 Å². The molecule has 2 aliphatic carbocycles. The van der Waals surface area contributed by atoms with Crippen LogP contribution in [0.4, 0.5) is 13.2 Å². The summed E-state index contributed by atoms with van der Waals surface area (Å²) < 4.78 is 41.4. The van der Waals surface area contributed by atoms with Gasteiger partial charge in [0, 0.05) is 34.7 Å². The summed E-state index contributed by atoms with van der Waals surface area (Å²) in [6.07, 6.45) is 3.09. The highest BCUT2D eigenvalue weighted by Gasteiger charge is 2.42. The summed E-state index contributed by atoms with van der Waals surface area (Å²) >= 11 is 0. The van der Waals surface area contributed by atoms with E-state index < -0.39 is 40.1 Å². The number of benzene rings is 1. The number of nitrogens with zero attached hydrogens (tertiary/aromatic N) is 2. The van der Waals surface area contributed by atoms with E-state index in [4.69, 9.17) is 0 Å². The van der Waals surface area contributed by atoms with Gasteiger partial charge in [0.25, 0.3) is 0 Å². The van der Waals surface area contributed by atoms with Crippen molar-refractivity contribution in [3.63, 3.8) is 0 Å². The molecule has 0 saturated carbocycles. The number of allylic oxidation sites excluding steroid dienone is 1. The first kappa shape index (κ1) is 15.6. The molecule has 3 aromatic rings. The number of Topliss-reactive ketones (excluding diaryl/α,β-unsaturated/α-hetero) is 2. The van der Waals surface area contributed by atoms with Crippen LogP contribution >= 0.6 is 0 Å². The van der Waals surface area contributed by atoms with Crippen molar-refractivity contribution in [1.29, 1.82) is 0 Å². The van der Waals surface area contributed by atoms with Gasteiger partial charge in [-0.2, -0.15) is 0 Å². The number of rotatable bonds is 0. The number of carbonyl (C=O) groups is 2. The first-order chi connectivity index (χ1) is 13.0. The topological polar surface area (TPSA) is 59.9 Å². The highest BCUT2D eigenvalue weighted by atomic mass is 19.2. The number of hydrogen-bond acceptors (Lipinski definition) is 4. The van der Waals surface area contributed by atoms with Gasteiger partial charge in [0.05, 0.1) is 22.5 Å². The smallest absolute Gasteiger partial charge is 0.201 e. The van der Waals surface area contributed by atoms with Gasteiger partial charge in [0.1, 0.15) is 0 Å². The van der Waals surface area contributed by atoms with Crippen molar-refractivity contribution >= 4 is 17.1 Å². The van der Waals surface area contributed by atoms with Gasteiger partial charge in [-0.15, -0.1) is 0 Å². The van der Waals surface area contributed by atoms with Crippen molar-refractivity contribution in [2.75, 3.05) is 0 Å². The Balaban J connectivity index is 1.88. The quantitative estimate of drug-likeness (QED) is 0.271. The van der Waals surface area contributed by atoms with Crippen LogP contribution in [0.3, 0.4) is 0 Å². The molecule has 2 aromatic heterocycles. The highest BCUT2D eigenvalue weighted by Crippen LogP contribution is 2.46. The minimum absolute atomic E-state index is 0.243. The molecule has 0 atom stereocenters. The third kappa shape index (κ3) is 1.88. The van der Waals surface area contributed by atoms with Crippen LogP contribution in [0, 0.1) is 17.5 Å². The number of halogens is 3. The lowest BCUT2D eigenvalue weighted by Gasteiger charge is -2.05. The normalized spacial score (nSPS) is 14.5. The molecule has 7 heteroatoms. The Morgan fingerprint density at radius 2 is 1.30 bits per heavy atom. The maximum absolute atomic E-state index is 14.2. The Morgan fingerprint density at radius 1 is 0.704 bits per heavy atom. The van der Waals surface area contributed by atoms with Crippen molar-refractivity contribution in [1.82, 2.24) is 9.97 Å². The molecule has 0 fully saturated rings. The number of fused-ring (bicyclic) bond motifs is 4. The Bertz CT molecular complexity index is 1200. The largest absolute Gasteiger partial charge is 0.288 e. The molecule has 5 rings (SSSR count). The predicted molar refractivity (Wildman–Crippen MR) is 88.5 cm³/mol. The lowest BCUT2D eigenvalue weighted by molar-refractivity contribution is 0.0989. The SMILES string of the molecule is O=C1C(=C2c3cccnc3-c3ncccc32)C(=O)c2c1cc(F)c(F)c2F. The van der Waals surface area contributed by atoms with Crippen molar-refractivity contribution in [3.8, 4) is 11.4 Å². The van der Waals surface area contributed by atoms with E-state index in [2.05, 4.69) is 9.97 Å². The monoisotopic (exact) mass is 364 g/mol. The summed E-state index contributed by atoms with van der Waals surface area (Å²) in [6.45, 7) is 0. The van der Waals surface area contributed by atoms with Gasteiger partial charge in [-0.1, -0.05) is 12.1 Å². The molecule has 2 aliphatic rings.